The first-order chi connectivity index (χ1) is 9.04. The lowest BCUT2D eigenvalue weighted by Crippen LogP contribution is -2.49. The molecular formula is C17H25NO. The number of rotatable bonds is 5. The Balaban J connectivity index is 2.02. The molecule has 0 N–H and O–H groups in total. The first-order valence-corrected chi connectivity index (χ1v) is 7.40. The standard InChI is InChI=1S/C17H25NO/c1-4-14-7-9-15(10-8-14)13-16(19)17(2,3)18-11-5-6-12-18/h7-10H,4-6,11-13H2,1-3H3. The fraction of sp³-hybridized carbons (Fsp3) is 0.588. The molecule has 1 aliphatic heterocycles. The number of hydrogen-bond donors (Lipinski definition) is 0. The van der Waals surface area contributed by atoms with Crippen molar-refractivity contribution in [1.29, 1.82) is 0 Å². The van der Waals surface area contributed by atoms with E-state index in [1.54, 1.807) is 0 Å². The van der Waals surface area contributed by atoms with E-state index in [-0.39, 0.29) is 5.54 Å². The molecule has 0 bridgehead atoms. The monoisotopic (exact) mass is 259 g/mol. The van der Waals surface area contributed by atoms with Crippen LogP contribution in [0.1, 0.15) is 44.7 Å². The van der Waals surface area contributed by atoms with Crippen molar-refractivity contribution >= 4 is 5.78 Å². The number of likely N-dealkylation sites (tertiary alicyclic amines) is 1. The van der Waals surface area contributed by atoms with Crippen LogP contribution < -0.4 is 0 Å². The molecule has 1 heterocycles. The molecule has 0 unspecified atom stereocenters. The summed E-state index contributed by atoms with van der Waals surface area (Å²) in [4.78, 5) is 14.9. The second kappa shape index (κ2) is 5.87. The van der Waals surface area contributed by atoms with E-state index in [1.807, 2.05) is 0 Å². The molecule has 0 spiro atoms. The normalized spacial score (nSPS) is 16.8. The SMILES string of the molecule is CCc1ccc(CC(=O)C(C)(C)N2CCCC2)cc1. The van der Waals surface area contributed by atoms with Gasteiger partial charge >= 0.3 is 0 Å². The highest BCUT2D eigenvalue weighted by molar-refractivity contribution is 5.89. The van der Waals surface area contributed by atoms with Gasteiger partial charge in [-0.3, -0.25) is 9.69 Å². The van der Waals surface area contributed by atoms with Gasteiger partial charge in [0.15, 0.2) is 5.78 Å². The lowest BCUT2D eigenvalue weighted by Gasteiger charge is -2.34. The number of ketones is 1. The molecule has 1 fully saturated rings. The van der Waals surface area contributed by atoms with Gasteiger partial charge in [-0.05, 0) is 57.3 Å². The predicted octanol–water partition coefficient (Wildman–Crippen LogP) is 3.24. The Hall–Kier alpha value is -1.15. The molecule has 19 heavy (non-hydrogen) atoms. The molecule has 0 aromatic heterocycles. The second-order valence-corrected chi connectivity index (χ2v) is 6.02. The van der Waals surface area contributed by atoms with Gasteiger partial charge in [0.2, 0.25) is 0 Å². The largest absolute Gasteiger partial charge is 0.297 e. The van der Waals surface area contributed by atoms with E-state index in [2.05, 4.69) is 49.9 Å². The number of Topliss-reactive ketones (excluding diaryl/α,β-unsaturated/α-hetero) is 1. The Kier molecular flexibility index (Phi) is 4.41. The van der Waals surface area contributed by atoms with E-state index >= 15 is 0 Å². The molecule has 0 atom stereocenters. The highest BCUT2D eigenvalue weighted by Crippen LogP contribution is 2.23. The molecule has 2 rings (SSSR count). The maximum absolute atomic E-state index is 12.5. The van der Waals surface area contributed by atoms with Gasteiger partial charge in [-0.1, -0.05) is 31.2 Å². The maximum atomic E-state index is 12.5. The van der Waals surface area contributed by atoms with E-state index in [1.165, 1.54) is 18.4 Å². The van der Waals surface area contributed by atoms with Gasteiger partial charge in [-0.2, -0.15) is 0 Å². The lowest BCUT2D eigenvalue weighted by molar-refractivity contribution is -0.128. The summed E-state index contributed by atoms with van der Waals surface area (Å²) in [6.07, 6.45) is 4.05. The van der Waals surface area contributed by atoms with Crippen molar-refractivity contribution in [2.45, 2.75) is 52.0 Å². The summed E-state index contributed by atoms with van der Waals surface area (Å²) in [6, 6.07) is 8.45. The number of carbonyl (C=O) groups is 1. The fourth-order valence-electron chi connectivity index (χ4n) is 2.75. The fourth-order valence-corrected chi connectivity index (χ4v) is 2.75. The molecule has 0 radical (unpaired) electrons. The van der Waals surface area contributed by atoms with E-state index in [9.17, 15) is 4.79 Å². The predicted molar refractivity (Wildman–Crippen MR) is 79.4 cm³/mol. The van der Waals surface area contributed by atoms with Crippen molar-refractivity contribution in [2.24, 2.45) is 0 Å². The minimum atomic E-state index is -0.320. The topological polar surface area (TPSA) is 20.3 Å². The average molecular weight is 259 g/mol. The van der Waals surface area contributed by atoms with Gasteiger partial charge in [0.25, 0.3) is 0 Å². The third-order valence-electron chi connectivity index (χ3n) is 4.37. The Bertz CT molecular complexity index is 427. The molecule has 1 aromatic rings. The molecule has 1 saturated heterocycles. The molecule has 1 aliphatic rings. The molecule has 1 aromatic carbocycles. The Morgan fingerprint density at radius 2 is 1.63 bits per heavy atom. The van der Waals surface area contributed by atoms with Crippen LogP contribution in [0.2, 0.25) is 0 Å². The van der Waals surface area contributed by atoms with Crippen LogP contribution in [-0.4, -0.2) is 29.3 Å². The van der Waals surface area contributed by atoms with Gasteiger partial charge < -0.3 is 0 Å². The summed E-state index contributed by atoms with van der Waals surface area (Å²) >= 11 is 0. The Morgan fingerprint density at radius 3 is 2.16 bits per heavy atom. The summed E-state index contributed by atoms with van der Waals surface area (Å²) in [5.41, 5.74) is 2.14. The first kappa shape index (κ1) is 14.3. The maximum Gasteiger partial charge on any atom is 0.156 e. The summed E-state index contributed by atoms with van der Waals surface area (Å²) in [7, 11) is 0. The van der Waals surface area contributed by atoms with Crippen molar-refractivity contribution in [2.75, 3.05) is 13.1 Å². The summed E-state index contributed by atoms with van der Waals surface area (Å²) in [5, 5.41) is 0. The number of nitrogens with zero attached hydrogens (tertiary/aromatic N) is 1. The molecule has 104 valence electrons. The van der Waals surface area contributed by atoms with Crippen molar-refractivity contribution in [1.82, 2.24) is 4.90 Å². The second-order valence-electron chi connectivity index (χ2n) is 6.02. The highest BCUT2D eigenvalue weighted by Gasteiger charge is 2.35. The van der Waals surface area contributed by atoms with Crippen LogP contribution in [0.5, 0.6) is 0 Å². The van der Waals surface area contributed by atoms with Crippen LogP contribution in [0.15, 0.2) is 24.3 Å². The quantitative estimate of drug-likeness (QED) is 0.809. The van der Waals surface area contributed by atoms with Crippen molar-refractivity contribution in [3.63, 3.8) is 0 Å². The van der Waals surface area contributed by atoms with E-state index in [4.69, 9.17) is 0 Å². The molecular weight excluding hydrogens is 234 g/mol. The highest BCUT2D eigenvalue weighted by atomic mass is 16.1. The first-order valence-electron chi connectivity index (χ1n) is 7.40. The Labute approximate surface area is 116 Å². The molecule has 0 saturated carbocycles. The minimum absolute atomic E-state index is 0.320. The van der Waals surface area contributed by atoms with Gasteiger partial charge in [0.1, 0.15) is 0 Å². The number of hydrogen-bond acceptors (Lipinski definition) is 2. The number of carbonyl (C=O) groups excluding carboxylic acids is 1. The van der Waals surface area contributed by atoms with Gasteiger partial charge in [-0.15, -0.1) is 0 Å². The van der Waals surface area contributed by atoms with Crippen LogP contribution in [0.3, 0.4) is 0 Å². The van der Waals surface area contributed by atoms with E-state index < -0.39 is 0 Å². The van der Waals surface area contributed by atoms with Crippen molar-refractivity contribution < 1.29 is 4.79 Å². The molecule has 0 aliphatic carbocycles. The zero-order valence-electron chi connectivity index (χ0n) is 12.4. The van der Waals surface area contributed by atoms with Crippen LogP contribution in [-0.2, 0) is 17.6 Å². The zero-order chi connectivity index (χ0) is 13.9. The van der Waals surface area contributed by atoms with Gasteiger partial charge in [-0.25, -0.2) is 0 Å². The Morgan fingerprint density at radius 1 is 1.11 bits per heavy atom. The third kappa shape index (κ3) is 3.24. The molecule has 2 nitrogen and oxygen atoms in total. The zero-order valence-corrected chi connectivity index (χ0v) is 12.4. The van der Waals surface area contributed by atoms with Crippen LogP contribution in [0.4, 0.5) is 0 Å². The lowest BCUT2D eigenvalue weighted by atomic mass is 9.91. The minimum Gasteiger partial charge on any atom is -0.297 e. The van der Waals surface area contributed by atoms with Crippen molar-refractivity contribution in [3.8, 4) is 0 Å². The third-order valence-corrected chi connectivity index (χ3v) is 4.37. The summed E-state index contributed by atoms with van der Waals surface area (Å²) < 4.78 is 0. The number of benzene rings is 1. The van der Waals surface area contributed by atoms with Crippen molar-refractivity contribution in [3.05, 3.63) is 35.4 Å². The molecule has 2 heteroatoms. The van der Waals surface area contributed by atoms with E-state index in [0.717, 1.165) is 25.1 Å². The van der Waals surface area contributed by atoms with Crippen LogP contribution >= 0.6 is 0 Å². The molecule has 0 amide bonds. The van der Waals surface area contributed by atoms with Gasteiger partial charge in [0, 0.05) is 6.42 Å². The summed E-state index contributed by atoms with van der Waals surface area (Å²) in [6.45, 7) is 8.42. The van der Waals surface area contributed by atoms with Crippen LogP contribution in [0.25, 0.3) is 0 Å². The summed E-state index contributed by atoms with van der Waals surface area (Å²) in [5.74, 6) is 0.332. The number of aryl methyl sites for hydroxylation is 1. The van der Waals surface area contributed by atoms with Crippen LogP contribution in [0, 0.1) is 0 Å². The van der Waals surface area contributed by atoms with Gasteiger partial charge in [0.05, 0.1) is 5.54 Å². The van der Waals surface area contributed by atoms with E-state index in [0.29, 0.717) is 12.2 Å². The smallest absolute Gasteiger partial charge is 0.156 e. The average Bonchev–Trinajstić information content (AvgIpc) is 2.94.